The van der Waals surface area contributed by atoms with Gasteiger partial charge in [0.1, 0.15) is 5.65 Å². The first-order valence-electron chi connectivity index (χ1n) is 7.52. The Morgan fingerprint density at radius 1 is 1.32 bits per heavy atom. The summed E-state index contributed by atoms with van der Waals surface area (Å²) in [5, 5.41) is 0. The van der Waals surface area contributed by atoms with Crippen molar-refractivity contribution in [2.45, 2.75) is 19.8 Å². The van der Waals surface area contributed by atoms with Crippen molar-refractivity contribution in [1.82, 2.24) is 14.3 Å². The van der Waals surface area contributed by atoms with E-state index in [1.807, 2.05) is 12.1 Å². The van der Waals surface area contributed by atoms with Crippen molar-refractivity contribution in [2.75, 3.05) is 19.7 Å². The average Bonchev–Trinajstić information content (AvgIpc) is 2.97. The molecule has 0 radical (unpaired) electrons. The van der Waals surface area contributed by atoms with Crippen molar-refractivity contribution in [3.05, 3.63) is 36.3 Å². The Bertz CT molecular complexity index is 654. The van der Waals surface area contributed by atoms with Crippen molar-refractivity contribution in [2.24, 2.45) is 5.92 Å². The minimum atomic E-state index is -0.567. The molecule has 6 nitrogen and oxygen atoms in total. The van der Waals surface area contributed by atoms with Crippen molar-refractivity contribution in [3.63, 3.8) is 0 Å². The van der Waals surface area contributed by atoms with Gasteiger partial charge in [-0.2, -0.15) is 0 Å². The Hall–Kier alpha value is -2.37. The molecule has 116 valence electrons. The summed E-state index contributed by atoms with van der Waals surface area (Å²) in [6.45, 7) is 3.45. The third-order valence-corrected chi connectivity index (χ3v) is 4.04. The van der Waals surface area contributed by atoms with E-state index in [2.05, 4.69) is 11.9 Å². The summed E-state index contributed by atoms with van der Waals surface area (Å²) in [7, 11) is 0. The lowest BCUT2D eigenvalue weighted by Gasteiger charge is -2.30. The van der Waals surface area contributed by atoms with Gasteiger partial charge in [-0.25, -0.2) is 9.78 Å². The number of aromatic nitrogens is 2. The van der Waals surface area contributed by atoms with Crippen LogP contribution in [0.2, 0.25) is 0 Å². The molecule has 2 aromatic heterocycles. The number of hydrogen-bond acceptors (Lipinski definition) is 4. The van der Waals surface area contributed by atoms with Gasteiger partial charge in [0, 0.05) is 25.5 Å². The average molecular weight is 301 g/mol. The van der Waals surface area contributed by atoms with E-state index in [1.165, 1.54) is 0 Å². The van der Waals surface area contributed by atoms with Gasteiger partial charge < -0.3 is 14.0 Å². The molecule has 0 spiro atoms. The zero-order valence-electron chi connectivity index (χ0n) is 12.6. The molecule has 0 aromatic carbocycles. The second-order valence-corrected chi connectivity index (χ2v) is 5.73. The normalized spacial score (nSPS) is 16.0. The highest BCUT2D eigenvalue weighted by molar-refractivity contribution is 5.90. The number of pyridine rings is 1. The molecule has 3 rings (SSSR count). The highest BCUT2D eigenvalue weighted by atomic mass is 16.5. The maximum Gasteiger partial charge on any atom is 0.359 e. The maximum absolute atomic E-state index is 12.0. The fraction of sp³-hybridized carbons (Fsp3) is 0.438. The molecule has 0 bridgehead atoms. The SMILES string of the molecule is CC1CCN(C(=O)COC(=O)c2cn3ccccc3n2)CC1. The second-order valence-electron chi connectivity index (χ2n) is 5.73. The first-order chi connectivity index (χ1) is 10.6. The van der Waals surface area contributed by atoms with Crippen molar-refractivity contribution in [1.29, 1.82) is 0 Å². The van der Waals surface area contributed by atoms with Crippen LogP contribution in [0.5, 0.6) is 0 Å². The topological polar surface area (TPSA) is 63.9 Å². The largest absolute Gasteiger partial charge is 0.451 e. The summed E-state index contributed by atoms with van der Waals surface area (Å²) < 4.78 is 6.83. The van der Waals surface area contributed by atoms with Gasteiger partial charge in [-0.15, -0.1) is 0 Å². The number of likely N-dealkylation sites (tertiary alicyclic amines) is 1. The molecule has 2 aromatic rings. The molecule has 0 unspecified atom stereocenters. The van der Waals surface area contributed by atoms with Crippen molar-refractivity contribution in [3.8, 4) is 0 Å². The standard InChI is InChI=1S/C16H19N3O3/c1-12-5-8-18(9-6-12)15(20)11-22-16(21)13-10-19-7-3-2-4-14(19)17-13/h2-4,7,10,12H,5-6,8-9,11H2,1H3. The van der Waals surface area contributed by atoms with Crippen LogP contribution in [0.1, 0.15) is 30.3 Å². The quantitative estimate of drug-likeness (QED) is 0.810. The number of nitrogens with zero attached hydrogens (tertiary/aromatic N) is 3. The molecule has 0 saturated carbocycles. The summed E-state index contributed by atoms with van der Waals surface area (Å²) in [4.78, 5) is 30.0. The van der Waals surface area contributed by atoms with Crippen LogP contribution in [0, 0.1) is 5.92 Å². The second kappa shape index (κ2) is 6.17. The molecular weight excluding hydrogens is 282 g/mol. The van der Waals surface area contributed by atoms with Gasteiger partial charge >= 0.3 is 5.97 Å². The van der Waals surface area contributed by atoms with Gasteiger partial charge in [-0.3, -0.25) is 4.79 Å². The van der Waals surface area contributed by atoms with Crippen molar-refractivity contribution >= 4 is 17.5 Å². The summed E-state index contributed by atoms with van der Waals surface area (Å²) in [6.07, 6.45) is 5.42. The number of carbonyl (C=O) groups is 2. The highest BCUT2D eigenvalue weighted by Crippen LogP contribution is 2.16. The number of rotatable bonds is 3. The van der Waals surface area contributed by atoms with E-state index in [9.17, 15) is 9.59 Å². The molecule has 22 heavy (non-hydrogen) atoms. The summed E-state index contributed by atoms with van der Waals surface area (Å²) >= 11 is 0. The van der Waals surface area contributed by atoms with Gasteiger partial charge in [-0.1, -0.05) is 13.0 Å². The fourth-order valence-corrected chi connectivity index (χ4v) is 2.58. The lowest BCUT2D eigenvalue weighted by molar-refractivity contribution is -0.135. The Kier molecular flexibility index (Phi) is 4.09. The molecule has 1 aliphatic heterocycles. The number of hydrogen-bond donors (Lipinski definition) is 0. The molecule has 1 aliphatic rings. The first kappa shape index (κ1) is 14.6. The van der Waals surface area contributed by atoms with Crippen LogP contribution in [-0.2, 0) is 9.53 Å². The van der Waals surface area contributed by atoms with E-state index in [1.54, 1.807) is 27.8 Å². The number of imidazole rings is 1. The monoisotopic (exact) mass is 301 g/mol. The molecule has 6 heteroatoms. The van der Waals surface area contributed by atoms with Gasteiger partial charge in [-0.05, 0) is 30.9 Å². The van der Waals surface area contributed by atoms with Gasteiger partial charge in [0.2, 0.25) is 0 Å². The van der Waals surface area contributed by atoms with Gasteiger partial charge in [0.15, 0.2) is 12.3 Å². The minimum absolute atomic E-state index is 0.135. The van der Waals surface area contributed by atoms with Crippen LogP contribution in [0.4, 0.5) is 0 Å². The van der Waals surface area contributed by atoms with Crippen LogP contribution in [0.15, 0.2) is 30.6 Å². The van der Waals surface area contributed by atoms with E-state index in [4.69, 9.17) is 4.74 Å². The van der Waals surface area contributed by atoms with Crippen LogP contribution in [-0.4, -0.2) is 45.9 Å². The Balaban J connectivity index is 1.56. The Morgan fingerprint density at radius 3 is 2.82 bits per heavy atom. The third-order valence-electron chi connectivity index (χ3n) is 4.04. The number of amides is 1. The predicted octanol–water partition coefficient (Wildman–Crippen LogP) is 1.75. The maximum atomic E-state index is 12.0. The van der Waals surface area contributed by atoms with Crippen LogP contribution in [0.25, 0.3) is 5.65 Å². The molecule has 1 fully saturated rings. The van der Waals surface area contributed by atoms with Crippen LogP contribution < -0.4 is 0 Å². The Morgan fingerprint density at radius 2 is 2.09 bits per heavy atom. The Labute approximate surface area is 128 Å². The molecule has 3 heterocycles. The zero-order chi connectivity index (χ0) is 15.5. The highest BCUT2D eigenvalue weighted by Gasteiger charge is 2.22. The summed E-state index contributed by atoms with van der Waals surface area (Å²) in [6, 6.07) is 5.50. The predicted molar refractivity (Wildman–Crippen MR) is 80.5 cm³/mol. The molecule has 0 aliphatic carbocycles. The molecular formula is C16H19N3O3. The third kappa shape index (κ3) is 3.10. The molecule has 0 atom stereocenters. The van der Waals surface area contributed by atoms with E-state index >= 15 is 0 Å². The number of ether oxygens (including phenoxy) is 1. The van der Waals surface area contributed by atoms with Crippen molar-refractivity contribution < 1.29 is 14.3 Å². The zero-order valence-corrected chi connectivity index (χ0v) is 12.6. The molecule has 1 amide bonds. The van der Waals surface area contributed by atoms with Crippen LogP contribution >= 0.6 is 0 Å². The molecule has 0 N–H and O–H groups in total. The van der Waals surface area contributed by atoms with E-state index in [0.29, 0.717) is 11.6 Å². The lowest BCUT2D eigenvalue weighted by Crippen LogP contribution is -2.40. The van der Waals surface area contributed by atoms with E-state index < -0.39 is 5.97 Å². The number of fused-ring (bicyclic) bond motifs is 1. The van der Waals surface area contributed by atoms with E-state index in [-0.39, 0.29) is 18.2 Å². The van der Waals surface area contributed by atoms with Gasteiger partial charge in [0.05, 0.1) is 0 Å². The summed E-state index contributed by atoms with van der Waals surface area (Å²) in [5.41, 5.74) is 0.886. The fourth-order valence-electron chi connectivity index (χ4n) is 2.58. The first-order valence-corrected chi connectivity index (χ1v) is 7.52. The molecule has 1 saturated heterocycles. The van der Waals surface area contributed by atoms with E-state index in [0.717, 1.165) is 25.9 Å². The summed E-state index contributed by atoms with van der Waals surface area (Å²) in [5.74, 6) is -0.0454. The van der Waals surface area contributed by atoms with Crippen LogP contribution in [0.3, 0.4) is 0 Å². The van der Waals surface area contributed by atoms with Gasteiger partial charge in [0.25, 0.3) is 5.91 Å². The smallest absolute Gasteiger partial charge is 0.359 e. The number of carbonyl (C=O) groups excluding carboxylic acids is 2. The number of esters is 1. The minimum Gasteiger partial charge on any atom is -0.451 e. The number of piperidine rings is 1. The lowest BCUT2D eigenvalue weighted by atomic mass is 9.99.